The third-order valence-corrected chi connectivity index (χ3v) is 5.26. The highest BCUT2D eigenvalue weighted by Crippen LogP contribution is 2.40. The third kappa shape index (κ3) is 2.27. The molecule has 0 saturated carbocycles. The summed E-state index contributed by atoms with van der Waals surface area (Å²) in [6.45, 7) is 0.124. The van der Waals surface area contributed by atoms with Crippen molar-refractivity contribution in [1.29, 1.82) is 0 Å². The highest BCUT2D eigenvalue weighted by Gasteiger charge is 2.37. The zero-order chi connectivity index (χ0) is 15.0. The first-order valence-electron chi connectivity index (χ1n) is 6.32. The summed E-state index contributed by atoms with van der Waals surface area (Å²) in [7, 11) is -3.73. The van der Waals surface area contributed by atoms with Crippen molar-refractivity contribution in [2.45, 2.75) is 17.2 Å². The van der Waals surface area contributed by atoms with Crippen molar-refractivity contribution >= 4 is 21.7 Å². The summed E-state index contributed by atoms with van der Waals surface area (Å²) >= 11 is 0. The molecule has 0 amide bonds. The molecule has 2 N–H and O–H groups in total. The molecular weight excluding hydrogens is 294 g/mol. The Kier molecular flexibility index (Phi) is 3.17. The van der Waals surface area contributed by atoms with Crippen molar-refractivity contribution < 1.29 is 18.3 Å². The number of nitrogens with one attached hydrogen (secondary N) is 1. The Morgan fingerprint density at radius 1 is 1.43 bits per heavy atom. The van der Waals surface area contributed by atoms with Gasteiger partial charge in [0, 0.05) is 18.7 Å². The molecule has 2 heterocycles. The van der Waals surface area contributed by atoms with Gasteiger partial charge >= 0.3 is 5.97 Å². The highest BCUT2D eigenvalue weighted by atomic mass is 32.2. The molecule has 1 aliphatic heterocycles. The minimum Gasteiger partial charge on any atom is -0.481 e. The molecule has 0 aliphatic carbocycles. The SMILES string of the molecule is O=C(O)CC1CN(S(=O)(=O)c2cn[nH]c2)c2ccccc21. The zero-order valence-electron chi connectivity index (χ0n) is 10.9. The molecule has 7 nitrogen and oxygen atoms in total. The van der Waals surface area contributed by atoms with E-state index in [-0.39, 0.29) is 23.8 Å². The summed E-state index contributed by atoms with van der Waals surface area (Å²) in [4.78, 5) is 11.0. The van der Waals surface area contributed by atoms with E-state index in [0.717, 1.165) is 5.56 Å². The molecule has 1 aromatic carbocycles. The number of benzene rings is 1. The molecular formula is C13H13N3O4S. The van der Waals surface area contributed by atoms with Crippen LogP contribution in [0.25, 0.3) is 0 Å². The standard InChI is InChI=1S/C13H13N3O4S/c17-13(18)5-9-8-16(12-4-2-1-3-11(9)12)21(19,20)10-6-14-15-7-10/h1-4,6-7,9H,5,8H2,(H,14,15)(H,17,18). The molecule has 0 fully saturated rings. The quantitative estimate of drug-likeness (QED) is 0.882. The van der Waals surface area contributed by atoms with Crippen LogP contribution in [-0.2, 0) is 14.8 Å². The maximum absolute atomic E-state index is 12.6. The predicted octanol–water partition coefficient (Wildman–Crippen LogP) is 1.18. The second-order valence-electron chi connectivity index (χ2n) is 4.82. The molecule has 0 spiro atoms. The normalized spacial score (nSPS) is 17.7. The van der Waals surface area contributed by atoms with Crippen LogP contribution in [-0.4, -0.2) is 36.2 Å². The number of carboxylic acid groups (broad SMARTS) is 1. The van der Waals surface area contributed by atoms with E-state index in [2.05, 4.69) is 10.2 Å². The van der Waals surface area contributed by atoms with E-state index in [9.17, 15) is 13.2 Å². The number of aromatic nitrogens is 2. The van der Waals surface area contributed by atoms with Crippen molar-refractivity contribution in [2.75, 3.05) is 10.8 Å². The Morgan fingerprint density at radius 2 is 2.19 bits per heavy atom. The number of H-pyrrole nitrogens is 1. The van der Waals surface area contributed by atoms with Gasteiger partial charge in [0.15, 0.2) is 0 Å². The number of anilines is 1. The predicted molar refractivity (Wildman–Crippen MR) is 74.6 cm³/mol. The number of fused-ring (bicyclic) bond motifs is 1. The molecule has 0 radical (unpaired) electrons. The molecule has 8 heteroatoms. The Hall–Kier alpha value is -2.35. The summed E-state index contributed by atoms with van der Waals surface area (Å²) in [6, 6.07) is 6.98. The summed E-state index contributed by atoms with van der Waals surface area (Å²) in [5.74, 6) is -1.29. The topological polar surface area (TPSA) is 103 Å². The largest absolute Gasteiger partial charge is 0.481 e. The van der Waals surface area contributed by atoms with Gasteiger partial charge < -0.3 is 5.11 Å². The minimum atomic E-state index is -3.73. The molecule has 21 heavy (non-hydrogen) atoms. The van der Waals surface area contributed by atoms with Gasteiger partial charge in [-0.25, -0.2) is 8.42 Å². The molecule has 3 rings (SSSR count). The fourth-order valence-electron chi connectivity index (χ4n) is 2.58. The van der Waals surface area contributed by atoms with Crippen molar-refractivity contribution in [3.8, 4) is 0 Å². The van der Waals surface area contributed by atoms with Gasteiger partial charge in [-0.2, -0.15) is 5.10 Å². The number of hydrogen-bond acceptors (Lipinski definition) is 4. The molecule has 0 bridgehead atoms. The highest BCUT2D eigenvalue weighted by molar-refractivity contribution is 7.92. The second kappa shape index (κ2) is 4.88. The minimum absolute atomic E-state index is 0.0632. The van der Waals surface area contributed by atoms with Gasteiger partial charge in [0.05, 0.1) is 18.3 Å². The van der Waals surface area contributed by atoms with Crippen LogP contribution >= 0.6 is 0 Å². The van der Waals surface area contributed by atoms with Crippen LogP contribution in [0, 0.1) is 0 Å². The number of nitrogens with zero attached hydrogens (tertiary/aromatic N) is 2. The summed E-state index contributed by atoms with van der Waals surface area (Å²) in [6.07, 6.45) is 2.44. The Labute approximate surface area is 121 Å². The lowest BCUT2D eigenvalue weighted by molar-refractivity contribution is -0.137. The molecule has 1 atom stereocenters. The lowest BCUT2D eigenvalue weighted by atomic mass is 9.98. The maximum Gasteiger partial charge on any atom is 0.304 e. The summed E-state index contributed by atoms with van der Waals surface area (Å²) in [5.41, 5.74) is 1.27. The third-order valence-electron chi connectivity index (χ3n) is 3.51. The number of aliphatic carboxylic acids is 1. The number of para-hydroxylation sites is 1. The zero-order valence-corrected chi connectivity index (χ0v) is 11.7. The van der Waals surface area contributed by atoms with Crippen LogP contribution in [0.3, 0.4) is 0 Å². The molecule has 110 valence electrons. The number of carboxylic acids is 1. The lowest BCUT2D eigenvalue weighted by Crippen LogP contribution is -2.30. The van der Waals surface area contributed by atoms with Crippen molar-refractivity contribution in [3.63, 3.8) is 0 Å². The van der Waals surface area contributed by atoms with Crippen molar-refractivity contribution in [2.24, 2.45) is 0 Å². The molecule has 1 aliphatic rings. The first kappa shape index (κ1) is 13.6. The number of aromatic amines is 1. The Balaban J connectivity index is 2.04. The van der Waals surface area contributed by atoms with E-state index >= 15 is 0 Å². The van der Waals surface area contributed by atoms with Crippen molar-refractivity contribution in [3.05, 3.63) is 42.2 Å². The first-order valence-corrected chi connectivity index (χ1v) is 7.76. The van der Waals surface area contributed by atoms with E-state index < -0.39 is 16.0 Å². The van der Waals surface area contributed by atoms with Crippen LogP contribution in [0.1, 0.15) is 17.9 Å². The second-order valence-corrected chi connectivity index (χ2v) is 6.69. The molecule has 1 aromatic heterocycles. The van der Waals surface area contributed by atoms with Crippen LogP contribution in [0.2, 0.25) is 0 Å². The molecule has 0 saturated heterocycles. The van der Waals surface area contributed by atoms with Gasteiger partial charge in [0.2, 0.25) is 0 Å². The smallest absolute Gasteiger partial charge is 0.304 e. The van der Waals surface area contributed by atoms with Gasteiger partial charge in [-0.05, 0) is 11.6 Å². The number of hydrogen-bond donors (Lipinski definition) is 2. The van der Waals surface area contributed by atoms with Crippen LogP contribution in [0.4, 0.5) is 5.69 Å². The fourth-order valence-corrected chi connectivity index (χ4v) is 4.02. The first-order chi connectivity index (χ1) is 10.00. The summed E-state index contributed by atoms with van der Waals surface area (Å²) in [5, 5.41) is 15.1. The van der Waals surface area contributed by atoms with Crippen molar-refractivity contribution in [1.82, 2.24) is 10.2 Å². The maximum atomic E-state index is 12.6. The van der Waals surface area contributed by atoms with E-state index in [0.29, 0.717) is 5.69 Å². The van der Waals surface area contributed by atoms with Gasteiger partial charge in [0.25, 0.3) is 10.0 Å². The van der Waals surface area contributed by atoms with Gasteiger partial charge in [0.1, 0.15) is 4.90 Å². The average molecular weight is 307 g/mol. The molecule has 2 aromatic rings. The van der Waals surface area contributed by atoms with Gasteiger partial charge in [-0.15, -0.1) is 0 Å². The lowest BCUT2D eigenvalue weighted by Gasteiger charge is -2.18. The van der Waals surface area contributed by atoms with Gasteiger partial charge in [-0.3, -0.25) is 14.2 Å². The van der Waals surface area contributed by atoms with E-state index in [1.165, 1.54) is 16.7 Å². The van der Waals surface area contributed by atoms with Crippen LogP contribution < -0.4 is 4.31 Å². The average Bonchev–Trinajstić information content (AvgIpc) is 3.07. The van der Waals surface area contributed by atoms with Crippen LogP contribution in [0.15, 0.2) is 41.6 Å². The number of sulfonamides is 1. The Bertz CT molecular complexity index is 770. The molecule has 1 unspecified atom stereocenters. The van der Waals surface area contributed by atoms with E-state index in [1.54, 1.807) is 24.3 Å². The van der Waals surface area contributed by atoms with Gasteiger partial charge in [-0.1, -0.05) is 18.2 Å². The summed E-state index contributed by atoms with van der Waals surface area (Å²) < 4.78 is 26.5. The Morgan fingerprint density at radius 3 is 2.86 bits per heavy atom. The van der Waals surface area contributed by atoms with Crippen LogP contribution in [0.5, 0.6) is 0 Å². The van der Waals surface area contributed by atoms with E-state index in [1.807, 2.05) is 0 Å². The van der Waals surface area contributed by atoms with E-state index in [4.69, 9.17) is 5.11 Å². The number of carbonyl (C=O) groups is 1. The number of rotatable bonds is 4. The monoisotopic (exact) mass is 307 g/mol. The fraction of sp³-hybridized carbons (Fsp3) is 0.231.